The molecule has 0 amide bonds. The van der Waals surface area contributed by atoms with Crippen LogP contribution in [0.15, 0.2) is 152 Å². The Kier molecular flexibility index (Phi) is 5.56. The fourth-order valence-corrected chi connectivity index (χ4v) is 9.04. The van der Waals surface area contributed by atoms with E-state index in [4.69, 9.17) is 0 Å². The molecule has 1 fully saturated rings. The molecule has 0 aromatic heterocycles. The predicted molar refractivity (Wildman–Crippen MR) is 183 cm³/mol. The lowest BCUT2D eigenvalue weighted by atomic mass is 9.67. The number of nitrogens with zero attached hydrogens (tertiary/aromatic N) is 1. The Morgan fingerprint density at radius 2 is 1.16 bits per heavy atom. The van der Waals surface area contributed by atoms with Gasteiger partial charge in [-0.2, -0.15) is 0 Å². The van der Waals surface area contributed by atoms with E-state index in [1.807, 2.05) is 0 Å². The van der Waals surface area contributed by atoms with Gasteiger partial charge in [-0.15, -0.1) is 0 Å². The standard InChI is InChI=1S/C43H35N/c1-42-27-13-22-38(42)37-29-31(24-26-41(37)44(42)34-18-9-4-10-19-34)30-23-25-40-36(28-30)35-20-11-12-21-39(35)43(40,32-14-5-2-6-15-32)33-16-7-3-8-17-33/h2-12,14-21,23-26,28-29,38H,13,22,27H2,1H3. The van der Waals surface area contributed by atoms with Crippen molar-refractivity contribution in [3.63, 3.8) is 0 Å². The van der Waals surface area contributed by atoms with Crippen LogP contribution in [0.25, 0.3) is 22.3 Å². The van der Waals surface area contributed by atoms with Gasteiger partial charge in [0.15, 0.2) is 0 Å². The highest BCUT2D eigenvalue weighted by molar-refractivity contribution is 5.89. The number of para-hydroxylation sites is 1. The third-order valence-electron chi connectivity index (χ3n) is 10.9. The van der Waals surface area contributed by atoms with Crippen molar-refractivity contribution in [2.75, 3.05) is 4.90 Å². The second-order valence-corrected chi connectivity index (χ2v) is 13.0. The Hall–Kier alpha value is -4.88. The van der Waals surface area contributed by atoms with Crippen LogP contribution in [0.4, 0.5) is 11.4 Å². The highest BCUT2D eigenvalue weighted by Crippen LogP contribution is 2.60. The molecule has 44 heavy (non-hydrogen) atoms. The van der Waals surface area contributed by atoms with E-state index >= 15 is 0 Å². The van der Waals surface area contributed by atoms with Crippen molar-refractivity contribution in [3.05, 3.63) is 179 Å². The van der Waals surface area contributed by atoms with Gasteiger partial charge in [0.2, 0.25) is 0 Å². The largest absolute Gasteiger partial charge is 0.335 e. The first kappa shape index (κ1) is 25.6. The number of anilines is 2. The number of hydrogen-bond donors (Lipinski definition) is 0. The molecule has 2 aliphatic carbocycles. The van der Waals surface area contributed by atoms with Crippen LogP contribution >= 0.6 is 0 Å². The van der Waals surface area contributed by atoms with Crippen molar-refractivity contribution in [2.24, 2.45) is 0 Å². The Morgan fingerprint density at radius 3 is 1.89 bits per heavy atom. The molecule has 0 spiro atoms. The van der Waals surface area contributed by atoms with E-state index in [0.717, 1.165) is 0 Å². The molecule has 1 heterocycles. The van der Waals surface area contributed by atoms with Crippen LogP contribution in [-0.2, 0) is 5.41 Å². The van der Waals surface area contributed by atoms with Crippen molar-refractivity contribution in [2.45, 2.75) is 43.1 Å². The minimum absolute atomic E-state index is 0.129. The van der Waals surface area contributed by atoms with E-state index in [-0.39, 0.29) is 11.0 Å². The van der Waals surface area contributed by atoms with Gasteiger partial charge in [0, 0.05) is 22.8 Å². The van der Waals surface area contributed by atoms with Crippen LogP contribution in [0.5, 0.6) is 0 Å². The molecule has 0 saturated heterocycles. The molecule has 6 aromatic rings. The Bertz CT molecular complexity index is 1970. The minimum Gasteiger partial charge on any atom is -0.335 e. The van der Waals surface area contributed by atoms with Gasteiger partial charge in [-0.05, 0) is 100 Å². The van der Waals surface area contributed by atoms with Gasteiger partial charge in [0.25, 0.3) is 0 Å². The van der Waals surface area contributed by atoms with Gasteiger partial charge >= 0.3 is 0 Å². The molecule has 1 heteroatoms. The van der Waals surface area contributed by atoms with Crippen molar-refractivity contribution in [3.8, 4) is 22.3 Å². The monoisotopic (exact) mass is 565 g/mol. The van der Waals surface area contributed by atoms with Crippen LogP contribution in [-0.4, -0.2) is 5.54 Å². The average molecular weight is 566 g/mol. The molecule has 2 unspecified atom stereocenters. The fourth-order valence-electron chi connectivity index (χ4n) is 9.04. The summed E-state index contributed by atoms with van der Waals surface area (Å²) in [7, 11) is 0. The highest BCUT2D eigenvalue weighted by atomic mass is 15.2. The zero-order chi connectivity index (χ0) is 29.3. The van der Waals surface area contributed by atoms with Crippen molar-refractivity contribution in [1.29, 1.82) is 0 Å². The first-order valence-electron chi connectivity index (χ1n) is 16.0. The maximum absolute atomic E-state index is 2.64. The number of hydrogen-bond acceptors (Lipinski definition) is 1. The average Bonchev–Trinajstić information content (AvgIpc) is 3.70. The Morgan fingerprint density at radius 1 is 0.568 bits per heavy atom. The molecule has 6 aromatic carbocycles. The van der Waals surface area contributed by atoms with E-state index in [0.29, 0.717) is 5.92 Å². The summed E-state index contributed by atoms with van der Waals surface area (Å²) in [5.41, 5.74) is 14.6. The maximum atomic E-state index is 2.64. The Balaban J connectivity index is 1.23. The molecule has 1 saturated carbocycles. The molecular formula is C43H35N. The zero-order valence-electron chi connectivity index (χ0n) is 25.1. The van der Waals surface area contributed by atoms with Crippen LogP contribution in [0.3, 0.4) is 0 Å². The van der Waals surface area contributed by atoms with E-state index in [2.05, 4.69) is 163 Å². The van der Waals surface area contributed by atoms with Crippen molar-refractivity contribution < 1.29 is 0 Å². The lowest BCUT2D eigenvalue weighted by Crippen LogP contribution is -2.40. The summed E-state index contributed by atoms with van der Waals surface area (Å²) in [6, 6.07) is 56.7. The summed E-state index contributed by atoms with van der Waals surface area (Å²) in [5, 5.41) is 0. The molecule has 3 aliphatic rings. The van der Waals surface area contributed by atoms with Crippen LogP contribution < -0.4 is 4.90 Å². The molecule has 1 nitrogen and oxygen atoms in total. The van der Waals surface area contributed by atoms with E-state index in [1.165, 1.54) is 80.7 Å². The number of fused-ring (bicyclic) bond motifs is 6. The van der Waals surface area contributed by atoms with Gasteiger partial charge < -0.3 is 4.90 Å². The molecule has 1 aliphatic heterocycles. The lowest BCUT2D eigenvalue weighted by molar-refractivity contribution is 0.451. The Labute approximate surface area is 260 Å². The quantitative estimate of drug-likeness (QED) is 0.205. The molecule has 9 rings (SSSR count). The smallest absolute Gasteiger partial charge is 0.0713 e. The fraction of sp³-hybridized carbons (Fsp3) is 0.163. The summed E-state index contributed by atoms with van der Waals surface area (Å²) in [6.07, 6.45) is 3.77. The summed E-state index contributed by atoms with van der Waals surface area (Å²) in [5.74, 6) is 0.552. The van der Waals surface area contributed by atoms with Crippen molar-refractivity contribution in [1.82, 2.24) is 0 Å². The molecule has 2 atom stereocenters. The lowest BCUT2D eigenvalue weighted by Gasteiger charge is -2.37. The summed E-state index contributed by atoms with van der Waals surface area (Å²) in [6.45, 7) is 2.48. The molecule has 0 bridgehead atoms. The van der Waals surface area contributed by atoms with Gasteiger partial charge in [0.05, 0.1) is 5.41 Å². The molecule has 0 N–H and O–H groups in total. The highest BCUT2D eigenvalue weighted by Gasteiger charge is 2.51. The first-order valence-corrected chi connectivity index (χ1v) is 16.0. The topological polar surface area (TPSA) is 3.24 Å². The summed E-state index contributed by atoms with van der Waals surface area (Å²) in [4.78, 5) is 2.64. The van der Waals surface area contributed by atoms with E-state index < -0.39 is 0 Å². The molecular weight excluding hydrogens is 530 g/mol. The van der Waals surface area contributed by atoms with Gasteiger partial charge in [-0.1, -0.05) is 128 Å². The summed E-state index contributed by atoms with van der Waals surface area (Å²) < 4.78 is 0. The SMILES string of the molecule is CC12CCCC1c1cc(-c3ccc4c(c3)-c3ccccc3C4(c3ccccc3)c3ccccc3)ccc1N2c1ccccc1. The third kappa shape index (κ3) is 3.41. The zero-order valence-corrected chi connectivity index (χ0v) is 25.1. The van der Waals surface area contributed by atoms with E-state index in [1.54, 1.807) is 0 Å². The van der Waals surface area contributed by atoms with E-state index in [9.17, 15) is 0 Å². The normalized spacial score (nSPS) is 20.6. The van der Waals surface area contributed by atoms with Gasteiger partial charge in [-0.25, -0.2) is 0 Å². The van der Waals surface area contributed by atoms with Gasteiger partial charge in [-0.3, -0.25) is 0 Å². The predicted octanol–water partition coefficient (Wildman–Crippen LogP) is 10.9. The van der Waals surface area contributed by atoms with Crippen LogP contribution in [0.2, 0.25) is 0 Å². The molecule has 0 radical (unpaired) electrons. The van der Waals surface area contributed by atoms with Crippen LogP contribution in [0, 0.1) is 0 Å². The number of benzene rings is 6. The second kappa shape index (κ2) is 9.56. The third-order valence-corrected chi connectivity index (χ3v) is 10.9. The molecule has 212 valence electrons. The minimum atomic E-state index is -0.354. The first-order chi connectivity index (χ1) is 21.7. The number of rotatable bonds is 4. The maximum Gasteiger partial charge on any atom is 0.0713 e. The van der Waals surface area contributed by atoms with Gasteiger partial charge in [0.1, 0.15) is 0 Å². The van der Waals surface area contributed by atoms with Crippen LogP contribution in [0.1, 0.15) is 59.9 Å². The summed E-state index contributed by atoms with van der Waals surface area (Å²) >= 11 is 0. The second-order valence-electron chi connectivity index (χ2n) is 13.0. The van der Waals surface area contributed by atoms with Crippen molar-refractivity contribution >= 4 is 11.4 Å².